The Balaban J connectivity index is 1.14. The zero-order valence-electron chi connectivity index (χ0n) is 35.9. The van der Waals surface area contributed by atoms with Gasteiger partial charge in [0.05, 0.1) is 17.8 Å². The third kappa shape index (κ3) is 6.95. The molecule has 306 valence electrons. The number of hydrogen-bond donors (Lipinski definition) is 4. The summed E-state index contributed by atoms with van der Waals surface area (Å²) < 4.78 is 0. The second-order valence-corrected chi connectivity index (χ2v) is 18.8. The van der Waals surface area contributed by atoms with Crippen molar-refractivity contribution in [3.8, 4) is 5.75 Å². The SMILES string of the molecule is CC[NH+]1C2C=C3C(=C(c4ccccc4C(=O)N(C)CCCC(=O)NCCc4ccc(N)c(O)c4)c4cc5c6c(c4C3(C)C)CCCN6CCC5)C=C2C(C)CC1(C)C. The van der Waals surface area contributed by atoms with Gasteiger partial charge in [-0.3, -0.25) is 9.59 Å². The van der Waals surface area contributed by atoms with Crippen LogP contribution in [0.2, 0.25) is 0 Å². The average Bonchev–Trinajstić information content (AvgIpc) is 3.19. The number of nitrogen functional groups attached to an aromatic ring is 1. The predicted octanol–water partition coefficient (Wildman–Crippen LogP) is 6.94. The fourth-order valence-electron chi connectivity index (χ4n) is 11.5. The molecule has 8 heteroatoms. The molecule has 8 rings (SSSR count). The summed E-state index contributed by atoms with van der Waals surface area (Å²) >= 11 is 0. The molecule has 1 fully saturated rings. The molecule has 2 amide bonds. The van der Waals surface area contributed by atoms with Gasteiger partial charge in [0.15, 0.2) is 0 Å². The molecule has 0 bridgehead atoms. The number of likely N-dealkylation sites (tertiary alicyclic amines) is 1. The van der Waals surface area contributed by atoms with Crippen LogP contribution in [0.25, 0.3) is 5.57 Å². The van der Waals surface area contributed by atoms with E-state index < -0.39 is 0 Å². The molecule has 3 aromatic carbocycles. The number of nitrogens with two attached hydrogens (primary N) is 1. The van der Waals surface area contributed by atoms with Crippen LogP contribution in [0, 0.1) is 5.92 Å². The number of carbonyl (C=O) groups is 2. The van der Waals surface area contributed by atoms with Crippen LogP contribution in [0.3, 0.4) is 0 Å². The highest BCUT2D eigenvalue weighted by atomic mass is 16.3. The van der Waals surface area contributed by atoms with Gasteiger partial charge in [-0.05, 0) is 157 Å². The first kappa shape index (κ1) is 40.0. The number of rotatable bonds is 10. The predicted molar refractivity (Wildman–Crippen MR) is 236 cm³/mol. The maximum atomic E-state index is 14.6. The van der Waals surface area contributed by atoms with Gasteiger partial charge in [0.2, 0.25) is 5.91 Å². The first-order valence-electron chi connectivity index (χ1n) is 21.9. The molecular weight excluding hydrogens is 719 g/mol. The number of nitrogens with zero attached hydrogens (tertiary/aromatic N) is 2. The quantitative estimate of drug-likeness (QED) is 0.132. The van der Waals surface area contributed by atoms with Gasteiger partial charge in [-0.2, -0.15) is 0 Å². The molecule has 0 saturated carbocycles. The molecule has 0 spiro atoms. The van der Waals surface area contributed by atoms with E-state index in [0.29, 0.717) is 55.6 Å². The molecule has 3 heterocycles. The molecule has 3 atom stereocenters. The van der Waals surface area contributed by atoms with Gasteiger partial charge in [0.1, 0.15) is 11.8 Å². The lowest BCUT2D eigenvalue weighted by molar-refractivity contribution is -0.964. The van der Waals surface area contributed by atoms with E-state index in [0.717, 1.165) is 50.0 Å². The smallest absolute Gasteiger partial charge is 0.254 e. The molecule has 3 aliphatic heterocycles. The molecule has 58 heavy (non-hydrogen) atoms. The molecule has 5 aliphatic rings. The lowest BCUT2D eigenvalue weighted by atomic mass is 9.59. The highest BCUT2D eigenvalue weighted by Gasteiger charge is 2.50. The summed E-state index contributed by atoms with van der Waals surface area (Å²) in [5, 5.41) is 12.9. The molecular formula is C50H64N5O3+. The van der Waals surface area contributed by atoms with E-state index in [1.54, 1.807) is 21.9 Å². The average molecular weight is 783 g/mol. The number of aromatic hydroxyl groups is 1. The number of benzene rings is 3. The number of anilines is 2. The number of phenols is 1. The summed E-state index contributed by atoms with van der Waals surface area (Å²) in [5.74, 6) is 0.438. The van der Waals surface area contributed by atoms with Crippen molar-refractivity contribution in [3.63, 3.8) is 0 Å². The van der Waals surface area contributed by atoms with Gasteiger partial charge >= 0.3 is 0 Å². The minimum absolute atomic E-state index is 0.0228. The summed E-state index contributed by atoms with van der Waals surface area (Å²) in [7, 11) is 1.86. The van der Waals surface area contributed by atoms with E-state index in [1.165, 1.54) is 63.1 Å². The maximum absolute atomic E-state index is 14.6. The third-order valence-corrected chi connectivity index (χ3v) is 14.2. The number of hydrogen-bond acceptors (Lipinski definition) is 5. The van der Waals surface area contributed by atoms with Crippen molar-refractivity contribution >= 4 is 28.8 Å². The Hall–Kier alpha value is -4.82. The lowest BCUT2D eigenvalue weighted by Gasteiger charge is -2.51. The third-order valence-electron chi connectivity index (χ3n) is 14.2. The summed E-state index contributed by atoms with van der Waals surface area (Å²) in [5.41, 5.74) is 21.3. The van der Waals surface area contributed by atoms with Crippen molar-refractivity contribution < 1.29 is 19.6 Å². The first-order chi connectivity index (χ1) is 27.7. The van der Waals surface area contributed by atoms with Crippen LogP contribution in [0.15, 0.2) is 77.4 Å². The van der Waals surface area contributed by atoms with Crippen molar-refractivity contribution in [1.82, 2.24) is 10.2 Å². The summed E-state index contributed by atoms with van der Waals surface area (Å²) in [6.45, 7) is 18.8. The number of allylic oxidation sites excluding steroid dienone is 3. The van der Waals surface area contributed by atoms with Gasteiger partial charge in [0.25, 0.3) is 5.91 Å². The number of aryl methyl sites for hydroxylation is 1. The molecule has 3 unspecified atom stereocenters. The number of quaternary nitrogens is 1. The minimum atomic E-state index is -0.210. The van der Waals surface area contributed by atoms with E-state index in [4.69, 9.17) is 5.73 Å². The van der Waals surface area contributed by atoms with Gasteiger partial charge in [-0.25, -0.2) is 0 Å². The maximum Gasteiger partial charge on any atom is 0.254 e. The van der Waals surface area contributed by atoms with E-state index >= 15 is 0 Å². The van der Waals surface area contributed by atoms with Crippen LogP contribution in [-0.4, -0.2) is 73.2 Å². The van der Waals surface area contributed by atoms with E-state index in [9.17, 15) is 14.7 Å². The summed E-state index contributed by atoms with van der Waals surface area (Å²) in [6.07, 6.45) is 12.3. The molecule has 3 aromatic rings. The van der Waals surface area contributed by atoms with E-state index in [-0.39, 0.29) is 28.5 Å². The fraction of sp³-hybridized carbons (Fsp3) is 0.480. The Kier molecular flexibility index (Phi) is 10.6. The molecule has 5 N–H and O–H groups in total. The van der Waals surface area contributed by atoms with Crippen molar-refractivity contribution in [2.45, 2.75) is 110 Å². The fourth-order valence-corrected chi connectivity index (χ4v) is 11.5. The largest absolute Gasteiger partial charge is 0.506 e. The highest BCUT2D eigenvalue weighted by Crippen LogP contribution is 2.56. The Bertz CT molecular complexity index is 2240. The molecule has 8 nitrogen and oxygen atoms in total. The normalized spacial score (nSPS) is 22.5. The Labute approximate surface area is 345 Å². The number of carbonyl (C=O) groups excluding carboxylic acids is 2. The van der Waals surface area contributed by atoms with Crippen LogP contribution in [-0.2, 0) is 29.5 Å². The number of nitrogens with one attached hydrogen (secondary N) is 2. The standard InChI is InChI=1S/C50H63N5O3/c1-8-55-42-29-40-38(28-37(42)31(2)30-49(55,3)4)45(39-27-33-14-11-24-54-25-12-17-36(47(33)54)46(39)50(40,5)6)34-15-9-10-16-35(34)48(58)53(7)23-13-18-44(57)52-22-21-32-19-20-41(51)43(56)26-32/h9-10,15-16,19-20,26-29,31,42,56H,8,11-14,17-18,21-25,30,51H2,1-7H3,(H,52,57)/p+1. The highest BCUT2D eigenvalue weighted by molar-refractivity contribution is 6.04. The van der Waals surface area contributed by atoms with Crippen molar-refractivity contribution in [1.29, 1.82) is 0 Å². The molecule has 0 radical (unpaired) electrons. The number of fused-ring (bicyclic) bond motifs is 4. The monoisotopic (exact) mass is 783 g/mol. The molecule has 1 saturated heterocycles. The second kappa shape index (κ2) is 15.4. The topological polar surface area (TPSA) is 103 Å². The Morgan fingerprint density at radius 1 is 1.03 bits per heavy atom. The van der Waals surface area contributed by atoms with Crippen LogP contribution >= 0.6 is 0 Å². The summed E-state index contributed by atoms with van der Waals surface area (Å²) in [6, 6.07) is 16.3. The van der Waals surface area contributed by atoms with Crippen molar-refractivity contribution in [3.05, 3.63) is 116 Å². The molecule has 2 aliphatic carbocycles. The second-order valence-electron chi connectivity index (χ2n) is 18.8. The van der Waals surface area contributed by atoms with E-state index in [2.05, 4.69) is 82.1 Å². The van der Waals surface area contributed by atoms with Gasteiger partial charge in [-0.15, -0.1) is 0 Å². The van der Waals surface area contributed by atoms with Gasteiger partial charge in [-0.1, -0.05) is 45.0 Å². The number of likely N-dealkylation sites (N-methyl/N-ethyl adjacent to an activating group) is 1. The lowest BCUT2D eigenvalue weighted by Crippen LogP contribution is -3.23. The zero-order chi connectivity index (χ0) is 41.1. The van der Waals surface area contributed by atoms with Gasteiger partial charge in [0, 0.05) is 62.7 Å². The van der Waals surface area contributed by atoms with Crippen LogP contribution in [0.4, 0.5) is 11.4 Å². The van der Waals surface area contributed by atoms with Crippen LogP contribution in [0.5, 0.6) is 5.75 Å². The number of amides is 2. The molecule has 0 aromatic heterocycles. The zero-order valence-corrected chi connectivity index (χ0v) is 35.9. The Morgan fingerprint density at radius 2 is 1.79 bits per heavy atom. The van der Waals surface area contributed by atoms with Crippen molar-refractivity contribution in [2.24, 2.45) is 5.92 Å². The number of piperidine rings is 1. The minimum Gasteiger partial charge on any atom is -0.506 e. The van der Waals surface area contributed by atoms with E-state index in [1.807, 2.05) is 25.2 Å². The van der Waals surface area contributed by atoms with Crippen LogP contribution in [0.1, 0.15) is 117 Å². The number of phenolic OH excluding ortho intramolecular Hbond substituents is 1. The first-order valence-corrected chi connectivity index (χ1v) is 21.9. The van der Waals surface area contributed by atoms with Crippen LogP contribution < -0.4 is 20.9 Å². The summed E-state index contributed by atoms with van der Waals surface area (Å²) in [4.78, 5) is 33.5. The van der Waals surface area contributed by atoms with Gasteiger partial charge < -0.3 is 30.9 Å². The van der Waals surface area contributed by atoms with Crippen molar-refractivity contribution in [2.75, 3.05) is 50.4 Å². The Morgan fingerprint density at radius 3 is 2.55 bits per heavy atom.